The van der Waals surface area contributed by atoms with Gasteiger partial charge < -0.3 is 20.5 Å². The van der Waals surface area contributed by atoms with E-state index in [-0.39, 0.29) is 18.0 Å². The van der Waals surface area contributed by atoms with Crippen LogP contribution in [0.3, 0.4) is 0 Å². The zero-order valence-electron chi connectivity index (χ0n) is 15.5. The van der Waals surface area contributed by atoms with Gasteiger partial charge in [-0.3, -0.25) is 4.79 Å². The molecule has 1 aromatic rings. The molecular formula is C20H30N2O4. The number of aliphatic carboxylic acids is 1. The summed E-state index contributed by atoms with van der Waals surface area (Å²) >= 11 is 0. The summed E-state index contributed by atoms with van der Waals surface area (Å²) < 4.78 is 5.63. The molecule has 1 aromatic carbocycles. The fraction of sp³-hybridized carbons (Fsp3) is 0.600. The molecule has 6 heteroatoms. The summed E-state index contributed by atoms with van der Waals surface area (Å²) in [6.45, 7) is 3.44. The zero-order valence-corrected chi connectivity index (χ0v) is 15.5. The highest BCUT2D eigenvalue weighted by Gasteiger charge is 2.26. The predicted octanol–water partition coefficient (Wildman–Crippen LogP) is 3.35. The van der Waals surface area contributed by atoms with Crippen molar-refractivity contribution in [2.24, 2.45) is 5.92 Å². The highest BCUT2D eigenvalue weighted by atomic mass is 16.5. The van der Waals surface area contributed by atoms with E-state index in [1.54, 1.807) is 0 Å². The molecule has 2 rings (SSSR count). The normalized spacial score (nSPS) is 19.6. The number of ether oxygens (including phenoxy) is 1. The van der Waals surface area contributed by atoms with Gasteiger partial charge in [0.05, 0.1) is 12.5 Å². The Bertz CT molecular complexity index is 566. The first-order valence-electron chi connectivity index (χ1n) is 9.57. The molecule has 2 amide bonds. The maximum absolute atomic E-state index is 12.0. The van der Waals surface area contributed by atoms with Gasteiger partial charge in [-0.2, -0.15) is 0 Å². The SMILES string of the molecule is CCCCOc1ccc(CCNC(=O)NC2CCC(C(=O)O)CC2)cc1. The van der Waals surface area contributed by atoms with Crippen molar-refractivity contribution in [2.75, 3.05) is 13.2 Å². The van der Waals surface area contributed by atoms with Crippen molar-refractivity contribution in [2.45, 2.75) is 57.9 Å². The smallest absolute Gasteiger partial charge is 0.315 e. The van der Waals surface area contributed by atoms with E-state index in [9.17, 15) is 9.59 Å². The Labute approximate surface area is 155 Å². The minimum atomic E-state index is -0.727. The Morgan fingerprint density at radius 3 is 2.46 bits per heavy atom. The Morgan fingerprint density at radius 2 is 1.85 bits per heavy atom. The Morgan fingerprint density at radius 1 is 1.15 bits per heavy atom. The summed E-state index contributed by atoms with van der Waals surface area (Å²) in [5, 5.41) is 14.8. The van der Waals surface area contributed by atoms with Gasteiger partial charge in [0.25, 0.3) is 0 Å². The van der Waals surface area contributed by atoms with Gasteiger partial charge in [-0.15, -0.1) is 0 Å². The quantitative estimate of drug-likeness (QED) is 0.588. The number of carbonyl (C=O) groups is 2. The van der Waals surface area contributed by atoms with Crippen LogP contribution in [0.4, 0.5) is 4.79 Å². The number of carboxylic acid groups (broad SMARTS) is 1. The number of hydrogen-bond acceptors (Lipinski definition) is 3. The fourth-order valence-electron chi connectivity index (χ4n) is 3.13. The van der Waals surface area contributed by atoms with Crippen molar-refractivity contribution in [3.8, 4) is 5.75 Å². The lowest BCUT2D eigenvalue weighted by Gasteiger charge is -2.26. The van der Waals surface area contributed by atoms with Crippen molar-refractivity contribution in [3.05, 3.63) is 29.8 Å². The summed E-state index contributed by atoms with van der Waals surface area (Å²) in [4.78, 5) is 22.9. The first-order valence-corrected chi connectivity index (χ1v) is 9.57. The molecule has 26 heavy (non-hydrogen) atoms. The van der Waals surface area contributed by atoms with Crippen LogP contribution in [0.2, 0.25) is 0 Å². The van der Waals surface area contributed by atoms with E-state index in [0.717, 1.165) is 50.0 Å². The van der Waals surface area contributed by atoms with Gasteiger partial charge in [-0.1, -0.05) is 25.5 Å². The third-order valence-electron chi connectivity index (χ3n) is 4.80. The van der Waals surface area contributed by atoms with Crippen LogP contribution < -0.4 is 15.4 Å². The number of carboxylic acids is 1. The van der Waals surface area contributed by atoms with Crippen molar-refractivity contribution in [1.82, 2.24) is 10.6 Å². The predicted molar refractivity (Wildman–Crippen MR) is 100 cm³/mol. The number of rotatable bonds is 9. The maximum atomic E-state index is 12.0. The molecule has 1 saturated carbocycles. The molecule has 0 spiro atoms. The fourth-order valence-corrected chi connectivity index (χ4v) is 3.13. The second kappa shape index (κ2) is 10.7. The van der Waals surface area contributed by atoms with Crippen LogP contribution in [-0.2, 0) is 11.2 Å². The van der Waals surface area contributed by atoms with Gasteiger partial charge in [0.15, 0.2) is 0 Å². The summed E-state index contributed by atoms with van der Waals surface area (Å²) in [6, 6.07) is 7.87. The van der Waals surface area contributed by atoms with Crippen LogP contribution in [0, 0.1) is 5.92 Å². The average molecular weight is 362 g/mol. The van der Waals surface area contributed by atoms with E-state index in [4.69, 9.17) is 9.84 Å². The molecule has 3 N–H and O–H groups in total. The molecule has 0 heterocycles. The minimum Gasteiger partial charge on any atom is -0.494 e. The molecule has 0 radical (unpaired) electrons. The van der Waals surface area contributed by atoms with Crippen LogP contribution in [0.15, 0.2) is 24.3 Å². The molecule has 1 aliphatic rings. The van der Waals surface area contributed by atoms with E-state index >= 15 is 0 Å². The molecule has 0 aliphatic heterocycles. The number of amides is 2. The van der Waals surface area contributed by atoms with E-state index in [0.29, 0.717) is 19.4 Å². The average Bonchev–Trinajstić information content (AvgIpc) is 2.63. The van der Waals surface area contributed by atoms with Crippen molar-refractivity contribution >= 4 is 12.0 Å². The second-order valence-electron chi connectivity index (χ2n) is 6.88. The van der Waals surface area contributed by atoms with Crippen LogP contribution >= 0.6 is 0 Å². The highest BCUT2D eigenvalue weighted by Crippen LogP contribution is 2.24. The number of carbonyl (C=O) groups excluding carboxylic acids is 1. The molecule has 6 nitrogen and oxygen atoms in total. The molecule has 144 valence electrons. The maximum Gasteiger partial charge on any atom is 0.315 e. The summed E-state index contributed by atoms with van der Waals surface area (Å²) in [5.74, 6) is -0.107. The topological polar surface area (TPSA) is 87.7 Å². The standard InChI is InChI=1S/C20H30N2O4/c1-2-3-14-26-18-10-4-15(5-11-18)12-13-21-20(25)22-17-8-6-16(7-9-17)19(23)24/h4-5,10-11,16-17H,2-3,6-9,12-14H2,1H3,(H,23,24)(H2,21,22,25). The number of hydrogen-bond donors (Lipinski definition) is 3. The third kappa shape index (κ3) is 6.94. The molecule has 0 saturated heterocycles. The number of urea groups is 1. The van der Waals surface area contributed by atoms with Gasteiger partial charge in [0.2, 0.25) is 0 Å². The first-order chi connectivity index (χ1) is 12.6. The Hall–Kier alpha value is -2.24. The monoisotopic (exact) mass is 362 g/mol. The van der Waals surface area contributed by atoms with E-state index in [1.807, 2.05) is 24.3 Å². The van der Waals surface area contributed by atoms with E-state index in [1.165, 1.54) is 0 Å². The lowest BCUT2D eigenvalue weighted by atomic mass is 9.86. The van der Waals surface area contributed by atoms with Crippen LogP contribution in [0.5, 0.6) is 5.75 Å². The molecule has 0 aromatic heterocycles. The molecule has 1 fully saturated rings. The number of nitrogens with one attached hydrogen (secondary N) is 2. The molecular weight excluding hydrogens is 332 g/mol. The Balaban J connectivity index is 1.61. The van der Waals surface area contributed by atoms with Gasteiger partial charge in [0, 0.05) is 12.6 Å². The number of unbranched alkanes of at least 4 members (excludes halogenated alkanes) is 1. The van der Waals surface area contributed by atoms with Crippen molar-refractivity contribution in [3.63, 3.8) is 0 Å². The number of benzene rings is 1. The van der Waals surface area contributed by atoms with E-state index < -0.39 is 5.97 Å². The van der Waals surface area contributed by atoms with E-state index in [2.05, 4.69) is 17.6 Å². The molecule has 0 bridgehead atoms. The lowest BCUT2D eigenvalue weighted by Crippen LogP contribution is -2.44. The van der Waals surface area contributed by atoms with Gasteiger partial charge in [-0.05, 0) is 56.2 Å². The van der Waals surface area contributed by atoms with Crippen LogP contribution in [0.1, 0.15) is 51.0 Å². The minimum absolute atomic E-state index is 0.0742. The van der Waals surface area contributed by atoms with Gasteiger partial charge in [-0.25, -0.2) is 4.79 Å². The summed E-state index contributed by atoms with van der Waals surface area (Å²) in [5.41, 5.74) is 1.15. The van der Waals surface area contributed by atoms with Gasteiger partial charge >= 0.3 is 12.0 Å². The molecule has 0 atom stereocenters. The highest BCUT2D eigenvalue weighted by molar-refractivity contribution is 5.74. The molecule has 0 unspecified atom stereocenters. The summed E-state index contributed by atoms with van der Waals surface area (Å²) in [7, 11) is 0. The second-order valence-corrected chi connectivity index (χ2v) is 6.88. The first kappa shape index (κ1) is 20.1. The molecule has 1 aliphatic carbocycles. The summed E-state index contributed by atoms with van der Waals surface area (Å²) in [6.07, 6.45) is 5.65. The lowest BCUT2D eigenvalue weighted by molar-refractivity contribution is -0.142. The van der Waals surface area contributed by atoms with Crippen molar-refractivity contribution in [1.29, 1.82) is 0 Å². The zero-order chi connectivity index (χ0) is 18.8. The largest absolute Gasteiger partial charge is 0.494 e. The third-order valence-corrected chi connectivity index (χ3v) is 4.80. The van der Waals surface area contributed by atoms with Crippen LogP contribution in [0.25, 0.3) is 0 Å². The van der Waals surface area contributed by atoms with Crippen molar-refractivity contribution < 1.29 is 19.4 Å². The Kier molecular flexibility index (Phi) is 8.25. The van der Waals surface area contributed by atoms with Crippen LogP contribution in [-0.4, -0.2) is 36.3 Å². The van der Waals surface area contributed by atoms with Gasteiger partial charge in [0.1, 0.15) is 5.75 Å².